The van der Waals surface area contributed by atoms with Crippen molar-refractivity contribution in [2.75, 3.05) is 41.7 Å². The summed E-state index contributed by atoms with van der Waals surface area (Å²) in [6, 6.07) is 12.6. The summed E-state index contributed by atoms with van der Waals surface area (Å²) in [5.41, 5.74) is 2.27. The highest BCUT2D eigenvalue weighted by Gasteiger charge is 2.22. The van der Waals surface area contributed by atoms with Crippen LogP contribution in [0.2, 0.25) is 10.0 Å². The van der Waals surface area contributed by atoms with Gasteiger partial charge in [0.1, 0.15) is 0 Å². The van der Waals surface area contributed by atoms with Crippen LogP contribution in [0, 0.1) is 0 Å². The second-order valence-corrected chi connectivity index (χ2v) is 7.26. The number of nitrogens with zero attached hydrogens (tertiary/aromatic N) is 2. The summed E-state index contributed by atoms with van der Waals surface area (Å²) >= 11 is 12.2. The van der Waals surface area contributed by atoms with E-state index in [1.54, 1.807) is 23.1 Å². The number of urea groups is 1. The van der Waals surface area contributed by atoms with Gasteiger partial charge < -0.3 is 20.4 Å². The largest absolute Gasteiger partial charge is 0.368 e. The Balaban J connectivity index is 1.55. The number of para-hydroxylation sites is 1. The number of benzene rings is 2. The summed E-state index contributed by atoms with van der Waals surface area (Å²) in [4.78, 5) is 27.9. The van der Waals surface area contributed by atoms with Gasteiger partial charge in [0.2, 0.25) is 5.91 Å². The number of rotatable bonds is 4. The zero-order valence-electron chi connectivity index (χ0n) is 15.5. The Labute approximate surface area is 174 Å². The predicted octanol–water partition coefficient (Wildman–Crippen LogP) is 4.70. The Kier molecular flexibility index (Phi) is 6.65. The number of nitrogens with one attached hydrogen (secondary N) is 2. The van der Waals surface area contributed by atoms with Gasteiger partial charge in [-0.1, -0.05) is 36.2 Å². The van der Waals surface area contributed by atoms with Gasteiger partial charge in [0.15, 0.2) is 0 Å². The Morgan fingerprint density at radius 3 is 2.11 bits per heavy atom. The van der Waals surface area contributed by atoms with E-state index in [1.165, 1.54) is 0 Å². The number of carbonyl (C=O) groups is 2. The van der Waals surface area contributed by atoms with Crippen LogP contribution >= 0.6 is 23.2 Å². The molecule has 0 atom stereocenters. The molecule has 1 heterocycles. The average molecular weight is 421 g/mol. The van der Waals surface area contributed by atoms with Gasteiger partial charge in [0.25, 0.3) is 0 Å². The van der Waals surface area contributed by atoms with Gasteiger partial charge in [0.05, 0.1) is 15.7 Å². The van der Waals surface area contributed by atoms with Gasteiger partial charge in [-0.05, 0) is 36.4 Å². The summed E-state index contributed by atoms with van der Waals surface area (Å²) in [6.07, 6.45) is 0.450. The summed E-state index contributed by atoms with van der Waals surface area (Å²) in [5, 5.41) is 6.46. The maximum absolute atomic E-state index is 12.5. The van der Waals surface area contributed by atoms with Crippen molar-refractivity contribution in [1.29, 1.82) is 0 Å². The highest BCUT2D eigenvalue weighted by Crippen LogP contribution is 2.30. The number of piperazine rings is 1. The molecule has 8 heteroatoms. The van der Waals surface area contributed by atoms with Gasteiger partial charge in [-0.15, -0.1) is 0 Å². The fourth-order valence-corrected chi connectivity index (χ4v) is 3.47. The van der Waals surface area contributed by atoms with E-state index in [-0.39, 0.29) is 11.9 Å². The van der Waals surface area contributed by atoms with Crippen LogP contribution in [0.25, 0.3) is 0 Å². The molecule has 0 unspecified atom stereocenters. The fourth-order valence-electron chi connectivity index (χ4n) is 2.98. The van der Waals surface area contributed by atoms with Crippen LogP contribution in [0.15, 0.2) is 42.5 Å². The molecule has 1 saturated heterocycles. The topological polar surface area (TPSA) is 64.7 Å². The fraction of sp³-hybridized carbons (Fsp3) is 0.300. The first-order valence-corrected chi connectivity index (χ1v) is 9.88. The molecule has 0 spiro atoms. The first-order valence-electron chi connectivity index (χ1n) is 9.12. The Hall–Kier alpha value is -2.44. The smallest absolute Gasteiger partial charge is 0.322 e. The van der Waals surface area contributed by atoms with Gasteiger partial charge in [0, 0.05) is 44.0 Å². The van der Waals surface area contributed by atoms with Crippen molar-refractivity contribution in [2.24, 2.45) is 0 Å². The summed E-state index contributed by atoms with van der Waals surface area (Å²) in [7, 11) is 0. The summed E-state index contributed by atoms with van der Waals surface area (Å²) in [5.74, 6) is -0.00833. The van der Waals surface area contributed by atoms with Crippen molar-refractivity contribution in [1.82, 2.24) is 4.90 Å². The molecule has 0 saturated carbocycles. The number of amides is 3. The molecule has 3 amide bonds. The number of halogens is 2. The van der Waals surface area contributed by atoms with E-state index in [0.29, 0.717) is 48.3 Å². The van der Waals surface area contributed by atoms with E-state index in [1.807, 2.05) is 31.2 Å². The molecule has 6 nitrogen and oxygen atoms in total. The minimum Gasteiger partial charge on any atom is -0.368 e. The van der Waals surface area contributed by atoms with Crippen LogP contribution in [-0.2, 0) is 4.79 Å². The molecule has 3 rings (SSSR count). The quantitative estimate of drug-likeness (QED) is 0.753. The first-order chi connectivity index (χ1) is 13.5. The number of hydrogen-bond donors (Lipinski definition) is 2. The molecule has 0 aromatic heterocycles. The van der Waals surface area contributed by atoms with Gasteiger partial charge >= 0.3 is 6.03 Å². The third-order valence-electron chi connectivity index (χ3n) is 4.60. The molecule has 0 radical (unpaired) electrons. The lowest BCUT2D eigenvalue weighted by Crippen LogP contribution is -2.50. The third kappa shape index (κ3) is 4.88. The maximum Gasteiger partial charge on any atom is 0.322 e. The second-order valence-electron chi connectivity index (χ2n) is 6.45. The number of anilines is 3. The standard InChI is InChI=1S/C20H22Cl2N4O2/c1-2-18(27)23-14-6-8-15(9-7-14)25-10-12-26(13-11-25)20(28)24-19-16(21)4-3-5-17(19)22/h3-9H,2,10-13H2,1H3,(H,23,27)(H,24,28). The molecule has 148 valence electrons. The number of hydrogen-bond acceptors (Lipinski definition) is 3. The monoisotopic (exact) mass is 420 g/mol. The molecule has 2 aromatic carbocycles. The highest BCUT2D eigenvalue weighted by atomic mass is 35.5. The van der Waals surface area contributed by atoms with Crippen molar-refractivity contribution >= 4 is 52.2 Å². The molecule has 0 aliphatic carbocycles. The zero-order valence-corrected chi connectivity index (χ0v) is 17.1. The van der Waals surface area contributed by atoms with Crippen molar-refractivity contribution < 1.29 is 9.59 Å². The zero-order chi connectivity index (χ0) is 20.1. The van der Waals surface area contributed by atoms with Crippen molar-refractivity contribution in [3.05, 3.63) is 52.5 Å². The van der Waals surface area contributed by atoms with E-state index < -0.39 is 0 Å². The Bertz CT molecular complexity index is 830. The number of carbonyl (C=O) groups excluding carboxylic acids is 2. The Morgan fingerprint density at radius 2 is 1.54 bits per heavy atom. The predicted molar refractivity (Wildman–Crippen MR) is 115 cm³/mol. The SMILES string of the molecule is CCC(=O)Nc1ccc(N2CCN(C(=O)Nc3c(Cl)cccc3Cl)CC2)cc1. The summed E-state index contributed by atoms with van der Waals surface area (Å²) in [6.45, 7) is 4.41. The molecule has 1 fully saturated rings. The van der Waals surface area contributed by atoms with E-state index >= 15 is 0 Å². The van der Waals surface area contributed by atoms with Crippen LogP contribution in [0.3, 0.4) is 0 Å². The van der Waals surface area contributed by atoms with Crippen LogP contribution in [0.1, 0.15) is 13.3 Å². The molecular formula is C20H22Cl2N4O2. The van der Waals surface area contributed by atoms with Gasteiger partial charge in [-0.2, -0.15) is 0 Å². The van der Waals surface area contributed by atoms with Crippen LogP contribution in [-0.4, -0.2) is 43.0 Å². The van der Waals surface area contributed by atoms with Gasteiger partial charge in [-0.25, -0.2) is 4.79 Å². The van der Waals surface area contributed by atoms with Crippen LogP contribution < -0.4 is 15.5 Å². The van der Waals surface area contributed by atoms with E-state index in [4.69, 9.17) is 23.2 Å². The van der Waals surface area contributed by atoms with Gasteiger partial charge in [-0.3, -0.25) is 4.79 Å². The summed E-state index contributed by atoms with van der Waals surface area (Å²) < 4.78 is 0. The van der Waals surface area contributed by atoms with Crippen molar-refractivity contribution in [3.63, 3.8) is 0 Å². The molecule has 2 aromatic rings. The van der Waals surface area contributed by atoms with E-state index in [0.717, 1.165) is 11.4 Å². The molecular weight excluding hydrogens is 399 g/mol. The maximum atomic E-state index is 12.5. The van der Waals surface area contributed by atoms with Crippen molar-refractivity contribution in [2.45, 2.75) is 13.3 Å². The first kappa shape index (κ1) is 20.3. The lowest BCUT2D eigenvalue weighted by atomic mass is 10.2. The molecule has 1 aliphatic heterocycles. The lowest BCUT2D eigenvalue weighted by molar-refractivity contribution is -0.115. The van der Waals surface area contributed by atoms with E-state index in [2.05, 4.69) is 15.5 Å². The lowest BCUT2D eigenvalue weighted by Gasteiger charge is -2.36. The third-order valence-corrected chi connectivity index (χ3v) is 5.23. The van der Waals surface area contributed by atoms with Crippen LogP contribution in [0.5, 0.6) is 0 Å². The van der Waals surface area contributed by atoms with E-state index in [9.17, 15) is 9.59 Å². The van der Waals surface area contributed by atoms with Crippen molar-refractivity contribution in [3.8, 4) is 0 Å². The minimum atomic E-state index is -0.215. The molecule has 2 N–H and O–H groups in total. The molecule has 28 heavy (non-hydrogen) atoms. The molecule has 1 aliphatic rings. The second kappa shape index (κ2) is 9.17. The van der Waals surface area contributed by atoms with Crippen LogP contribution in [0.4, 0.5) is 21.9 Å². The molecule has 0 bridgehead atoms. The minimum absolute atomic E-state index is 0.00833. The Morgan fingerprint density at radius 1 is 0.929 bits per heavy atom. The average Bonchev–Trinajstić information content (AvgIpc) is 2.71. The highest BCUT2D eigenvalue weighted by molar-refractivity contribution is 6.39. The normalized spacial score (nSPS) is 14.0.